The van der Waals surface area contributed by atoms with Crippen molar-refractivity contribution >= 4 is 11.7 Å². The van der Waals surface area contributed by atoms with Gasteiger partial charge in [0, 0.05) is 12.2 Å². The van der Waals surface area contributed by atoms with Gasteiger partial charge in [0.15, 0.2) is 11.5 Å². The lowest BCUT2D eigenvalue weighted by atomic mass is 10.0. The summed E-state index contributed by atoms with van der Waals surface area (Å²) in [5.74, 6) is 2.09. The van der Waals surface area contributed by atoms with Crippen LogP contribution in [0, 0.1) is 0 Å². The summed E-state index contributed by atoms with van der Waals surface area (Å²) in [5.41, 5.74) is 2.92. The predicted molar refractivity (Wildman–Crippen MR) is 107 cm³/mol. The van der Waals surface area contributed by atoms with Crippen molar-refractivity contribution in [2.45, 2.75) is 26.2 Å². The Bertz CT molecular complexity index is 750. The quantitative estimate of drug-likeness (QED) is 0.729. The first-order chi connectivity index (χ1) is 13.0. The molecule has 0 aromatic heterocycles. The Morgan fingerprint density at radius 3 is 2.19 bits per heavy atom. The summed E-state index contributed by atoms with van der Waals surface area (Å²) in [4.78, 5) is 12.2. The highest BCUT2D eigenvalue weighted by Crippen LogP contribution is 2.38. The highest BCUT2D eigenvalue weighted by molar-refractivity contribution is 5.90. The van der Waals surface area contributed by atoms with Crippen LogP contribution in [0.3, 0.4) is 0 Å². The van der Waals surface area contributed by atoms with Crippen LogP contribution in [0.15, 0.2) is 36.4 Å². The molecule has 0 atom stereocenters. The fourth-order valence-corrected chi connectivity index (χ4v) is 2.88. The van der Waals surface area contributed by atoms with E-state index >= 15 is 0 Å². The average molecular weight is 372 g/mol. The Morgan fingerprint density at radius 1 is 1.00 bits per heavy atom. The highest BCUT2D eigenvalue weighted by Gasteiger charge is 2.13. The van der Waals surface area contributed by atoms with Gasteiger partial charge in [0.25, 0.3) is 0 Å². The molecule has 0 saturated carbocycles. The van der Waals surface area contributed by atoms with E-state index < -0.39 is 0 Å². The first kappa shape index (κ1) is 20.4. The van der Waals surface area contributed by atoms with Gasteiger partial charge in [-0.1, -0.05) is 32.0 Å². The molecule has 27 heavy (non-hydrogen) atoms. The monoisotopic (exact) mass is 372 g/mol. The first-order valence-corrected chi connectivity index (χ1v) is 8.92. The summed E-state index contributed by atoms with van der Waals surface area (Å²) >= 11 is 0. The van der Waals surface area contributed by atoms with Gasteiger partial charge < -0.3 is 24.8 Å². The normalized spacial score (nSPS) is 10.4. The third kappa shape index (κ3) is 5.29. The van der Waals surface area contributed by atoms with E-state index in [1.165, 1.54) is 0 Å². The largest absolute Gasteiger partial charge is 0.493 e. The summed E-state index contributed by atoms with van der Waals surface area (Å²) in [7, 11) is 4.73. The Morgan fingerprint density at radius 2 is 1.63 bits per heavy atom. The smallest absolute Gasteiger partial charge is 0.319 e. The predicted octanol–water partition coefficient (Wildman–Crippen LogP) is 4.20. The summed E-state index contributed by atoms with van der Waals surface area (Å²) in [6.45, 7) is 4.68. The van der Waals surface area contributed by atoms with Crippen molar-refractivity contribution in [3.05, 3.63) is 47.5 Å². The Kier molecular flexibility index (Phi) is 7.34. The zero-order valence-corrected chi connectivity index (χ0v) is 16.6. The number of nitrogens with one attached hydrogen (secondary N) is 2. The number of benzene rings is 2. The molecule has 0 unspecified atom stereocenters. The van der Waals surface area contributed by atoms with Crippen molar-refractivity contribution in [2.75, 3.05) is 33.2 Å². The molecule has 2 aromatic rings. The standard InChI is InChI=1S/C21H28N2O4/c1-14(2)16-8-6-7-9-17(16)23-21(24)22-11-10-15-12-18(25-3)20(27-5)19(13-15)26-4/h6-9,12-14H,10-11H2,1-5H3,(H2,22,23,24). The molecule has 0 aliphatic carbocycles. The molecule has 146 valence electrons. The van der Waals surface area contributed by atoms with Gasteiger partial charge in [-0.2, -0.15) is 0 Å². The maximum absolute atomic E-state index is 12.2. The van der Waals surface area contributed by atoms with Gasteiger partial charge in [-0.05, 0) is 41.7 Å². The van der Waals surface area contributed by atoms with Crippen LogP contribution in [-0.4, -0.2) is 33.9 Å². The van der Waals surface area contributed by atoms with Crippen LogP contribution in [0.25, 0.3) is 0 Å². The van der Waals surface area contributed by atoms with Crippen molar-refractivity contribution < 1.29 is 19.0 Å². The number of urea groups is 1. The number of rotatable bonds is 8. The maximum atomic E-state index is 12.2. The number of methoxy groups -OCH3 is 3. The molecule has 0 aliphatic heterocycles. The van der Waals surface area contributed by atoms with E-state index in [0.29, 0.717) is 36.1 Å². The van der Waals surface area contributed by atoms with Crippen LogP contribution in [0.5, 0.6) is 17.2 Å². The lowest BCUT2D eigenvalue weighted by Gasteiger charge is -2.15. The van der Waals surface area contributed by atoms with Gasteiger partial charge in [0.05, 0.1) is 21.3 Å². The number of amides is 2. The summed E-state index contributed by atoms with van der Waals surface area (Å²) in [6, 6.07) is 11.4. The number of anilines is 1. The molecule has 0 radical (unpaired) electrons. The minimum Gasteiger partial charge on any atom is -0.493 e. The zero-order valence-electron chi connectivity index (χ0n) is 16.6. The molecule has 0 saturated heterocycles. The number of hydrogen-bond donors (Lipinski definition) is 2. The van der Waals surface area contributed by atoms with Crippen molar-refractivity contribution in [3.63, 3.8) is 0 Å². The highest BCUT2D eigenvalue weighted by atomic mass is 16.5. The summed E-state index contributed by atoms with van der Waals surface area (Å²) < 4.78 is 16.0. The van der Waals surface area contributed by atoms with E-state index in [2.05, 4.69) is 24.5 Å². The third-order valence-corrected chi connectivity index (χ3v) is 4.25. The number of carbonyl (C=O) groups is 1. The molecule has 2 N–H and O–H groups in total. The van der Waals surface area contributed by atoms with E-state index in [-0.39, 0.29) is 6.03 Å². The molecule has 0 fully saturated rings. The lowest BCUT2D eigenvalue weighted by molar-refractivity contribution is 0.252. The number of ether oxygens (including phenoxy) is 3. The van der Waals surface area contributed by atoms with Crippen molar-refractivity contribution in [2.24, 2.45) is 0 Å². The topological polar surface area (TPSA) is 68.8 Å². The van der Waals surface area contributed by atoms with Crippen LogP contribution >= 0.6 is 0 Å². The molecular weight excluding hydrogens is 344 g/mol. The fourth-order valence-electron chi connectivity index (χ4n) is 2.88. The Balaban J connectivity index is 1.97. The van der Waals surface area contributed by atoms with Crippen LogP contribution < -0.4 is 24.8 Å². The van der Waals surface area contributed by atoms with Crippen LogP contribution in [0.1, 0.15) is 30.9 Å². The number of hydrogen-bond acceptors (Lipinski definition) is 4. The summed E-state index contributed by atoms with van der Waals surface area (Å²) in [6.07, 6.45) is 0.635. The van der Waals surface area contributed by atoms with Crippen LogP contribution in [0.2, 0.25) is 0 Å². The second kappa shape index (κ2) is 9.71. The van der Waals surface area contributed by atoms with Gasteiger partial charge in [0.1, 0.15) is 0 Å². The van der Waals surface area contributed by atoms with Gasteiger partial charge in [0.2, 0.25) is 5.75 Å². The molecule has 0 bridgehead atoms. The molecule has 0 heterocycles. The lowest BCUT2D eigenvalue weighted by Crippen LogP contribution is -2.30. The average Bonchev–Trinajstić information content (AvgIpc) is 2.67. The SMILES string of the molecule is COc1cc(CCNC(=O)Nc2ccccc2C(C)C)cc(OC)c1OC. The van der Waals surface area contributed by atoms with Crippen molar-refractivity contribution in [1.82, 2.24) is 5.32 Å². The third-order valence-electron chi connectivity index (χ3n) is 4.25. The van der Waals surface area contributed by atoms with Crippen molar-refractivity contribution in [1.29, 1.82) is 0 Å². The molecule has 2 rings (SSSR count). The fraction of sp³-hybridized carbons (Fsp3) is 0.381. The molecular formula is C21H28N2O4. The van der Waals surface area contributed by atoms with Gasteiger partial charge in [-0.3, -0.25) is 0 Å². The van der Waals surface area contributed by atoms with Crippen LogP contribution in [-0.2, 0) is 6.42 Å². The Hall–Kier alpha value is -2.89. The molecule has 6 heteroatoms. The molecule has 2 aromatic carbocycles. The minimum atomic E-state index is -0.226. The maximum Gasteiger partial charge on any atom is 0.319 e. The minimum absolute atomic E-state index is 0.226. The van der Waals surface area contributed by atoms with E-state index in [1.54, 1.807) is 21.3 Å². The second-order valence-electron chi connectivity index (χ2n) is 6.41. The molecule has 6 nitrogen and oxygen atoms in total. The van der Waals surface area contributed by atoms with E-state index in [4.69, 9.17) is 14.2 Å². The van der Waals surface area contributed by atoms with Crippen molar-refractivity contribution in [3.8, 4) is 17.2 Å². The van der Waals surface area contributed by atoms with E-state index in [1.807, 2.05) is 36.4 Å². The van der Waals surface area contributed by atoms with Crippen LogP contribution in [0.4, 0.5) is 10.5 Å². The molecule has 2 amide bonds. The summed E-state index contributed by atoms with van der Waals surface area (Å²) in [5, 5.41) is 5.81. The first-order valence-electron chi connectivity index (χ1n) is 8.92. The number of para-hydroxylation sites is 1. The molecule has 0 aliphatic rings. The van der Waals surface area contributed by atoms with E-state index in [0.717, 1.165) is 16.8 Å². The second-order valence-corrected chi connectivity index (χ2v) is 6.41. The Labute approximate surface area is 160 Å². The number of carbonyl (C=O) groups excluding carboxylic acids is 1. The van der Waals surface area contributed by atoms with Gasteiger partial charge in [-0.15, -0.1) is 0 Å². The van der Waals surface area contributed by atoms with Gasteiger partial charge >= 0.3 is 6.03 Å². The zero-order chi connectivity index (χ0) is 19.8. The van der Waals surface area contributed by atoms with Gasteiger partial charge in [-0.25, -0.2) is 4.79 Å². The molecule has 0 spiro atoms. The van der Waals surface area contributed by atoms with E-state index in [9.17, 15) is 4.79 Å².